The molecule has 0 atom stereocenters. The average Bonchev–Trinajstić information content (AvgIpc) is 2.36. The molecule has 0 amide bonds. The number of hydrogen-bond acceptors (Lipinski definition) is 2. The Balaban J connectivity index is 2.10. The minimum Gasteiger partial charge on any atom is -0.487 e. The number of halogens is 3. The predicted molar refractivity (Wildman–Crippen MR) is 77.8 cm³/mol. The lowest BCUT2D eigenvalue weighted by Crippen LogP contribution is -1.99. The van der Waals surface area contributed by atoms with Crippen molar-refractivity contribution in [1.29, 1.82) is 0 Å². The number of hydrogen-bond donors (Lipinski definition) is 1. The van der Waals surface area contributed by atoms with Gasteiger partial charge in [0.2, 0.25) is 0 Å². The number of benzene rings is 2. The Labute approximate surface area is 124 Å². The van der Waals surface area contributed by atoms with Crippen molar-refractivity contribution in [1.82, 2.24) is 0 Å². The van der Waals surface area contributed by atoms with Crippen LogP contribution in [0.4, 0.5) is 4.39 Å². The summed E-state index contributed by atoms with van der Waals surface area (Å²) in [6, 6.07) is 9.99. The molecule has 5 heteroatoms. The van der Waals surface area contributed by atoms with Gasteiger partial charge >= 0.3 is 0 Å². The van der Waals surface area contributed by atoms with Gasteiger partial charge in [-0.25, -0.2) is 4.39 Å². The molecule has 2 rings (SSSR count). The van der Waals surface area contributed by atoms with Crippen LogP contribution < -0.4 is 10.5 Å². The van der Waals surface area contributed by atoms with Gasteiger partial charge in [-0.15, -0.1) is 0 Å². The Hall–Kier alpha value is -1.10. The Morgan fingerprint density at radius 2 is 1.95 bits per heavy atom. The highest BCUT2D eigenvalue weighted by Gasteiger charge is 2.04. The number of nitrogens with two attached hydrogens (primary N) is 1. The largest absolute Gasteiger partial charge is 0.487 e. The minimum absolute atomic E-state index is 0.248. The van der Waals surface area contributed by atoms with E-state index in [1.807, 2.05) is 6.07 Å². The van der Waals surface area contributed by atoms with E-state index in [-0.39, 0.29) is 12.4 Å². The third-order valence-corrected chi connectivity index (χ3v) is 3.30. The molecule has 19 heavy (non-hydrogen) atoms. The summed E-state index contributed by atoms with van der Waals surface area (Å²) in [7, 11) is 0. The number of rotatable bonds is 4. The molecule has 2 aromatic rings. The lowest BCUT2D eigenvalue weighted by Gasteiger charge is -2.09. The first-order valence-corrected chi connectivity index (χ1v) is 6.82. The summed E-state index contributed by atoms with van der Waals surface area (Å²) < 4.78 is 19.5. The van der Waals surface area contributed by atoms with E-state index in [2.05, 4.69) is 15.9 Å². The summed E-state index contributed by atoms with van der Waals surface area (Å²) in [5, 5.41) is 0.499. The first-order valence-electron chi connectivity index (χ1n) is 5.65. The van der Waals surface area contributed by atoms with Gasteiger partial charge in [-0.05, 0) is 41.5 Å². The van der Waals surface area contributed by atoms with Gasteiger partial charge in [0.1, 0.15) is 18.2 Å². The Morgan fingerprint density at radius 3 is 2.58 bits per heavy atom. The van der Waals surface area contributed by atoms with Gasteiger partial charge in [-0.1, -0.05) is 33.6 Å². The highest BCUT2D eigenvalue weighted by Crippen LogP contribution is 2.26. The molecule has 0 unspecified atom stereocenters. The molecule has 100 valence electrons. The molecule has 0 saturated carbocycles. The first-order chi connectivity index (χ1) is 9.08. The van der Waals surface area contributed by atoms with E-state index >= 15 is 0 Å². The van der Waals surface area contributed by atoms with Crippen LogP contribution in [-0.2, 0) is 13.2 Å². The van der Waals surface area contributed by atoms with Crippen LogP contribution in [0.3, 0.4) is 0 Å². The highest BCUT2D eigenvalue weighted by atomic mass is 79.9. The fraction of sp³-hybridized carbons (Fsp3) is 0.143. The SMILES string of the molecule is NCc1ccc(OCc2cc(F)cc(Br)c2)c(Cl)c1. The fourth-order valence-electron chi connectivity index (χ4n) is 1.64. The molecule has 0 saturated heterocycles. The van der Waals surface area contributed by atoms with Crippen molar-refractivity contribution in [3.63, 3.8) is 0 Å². The van der Waals surface area contributed by atoms with Gasteiger partial charge in [0, 0.05) is 11.0 Å². The standard InChI is InChI=1S/C14H12BrClFNO/c15-11-3-10(4-12(17)6-11)8-19-14-2-1-9(7-18)5-13(14)16/h1-6H,7-8,18H2. The van der Waals surface area contributed by atoms with Gasteiger partial charge in [0.05, 0.1) is 5.02 Å². The maximum Gasteiger partial charge on any atom is 0.138 e. The first kappa shape index (κ1) is 14.3. The van der Waals surface area contributed by atoms with Gasteiger partial charge in [-0.3, -0.25) is 0 Å². The molecule has 0 spiro atoms. The van der Waals surface area contributed by atoms with Gasteiger partial charge < -0.3 is 10.5 Å². The lowest BCUT2D eigenvalue weighted by molar-refractivity contribution is 0.305. The second-order valence-electron chi connectivity index (χ2n) is 4.04. The maximum atomic E-state index is 13.2. The summed E-state index contributed by atoms with van der Waals surface area (Å²) in [6.07, 6.45) is 0. The van der Waals surface area contributed by atoms with E-state index in [1.165, 1.54) is 12.1 Å². The molecular formula is C14H12BrClFNO. The van der Waals surface area contributed by atoms with E-state index in [9.17, 15) is 4.39 Å². The lowest BCUT2D eigenvalue weighted by atomic mass is 10.2. The normalized spacial score (nSPS) is 10.5. The van der Waals surface area contributed by atoms with Crippen LogP contribution in [0.2, 0.25) is 5.02 Å². The maximum absolute atomic E-state index is 13.2. The smallest absolute Gasteiger partial charge is 0.138 e. The zero-order valence-electron chi connectivity index (χ0n) is 10.00. The van der Waals surface area contributed by atoms with Crippen molar-refractivity contribution in [2.24, 2.45) is 5.73 Å². The minimum atomic E-state index is -0.308. The summed E-state index contributed by atoms with van der Waals surface area (Å²) in [6.45, 7) is 0.675. The van der Waals surface area contributed by atoms with Crippen LogP contribution in [0.1, 0.15) is 11.1 Å². The fourth-order valence-corrected chi connectivity index (χ4v) is 2.41. The predicted octanol–water partition coefficient (Wildman–Crippen LogP) is 4.28. The zero-order valence-corrected chi connectivity index (χ0v) is 12.3. The second-order valence-corrected chi connectivity index (χ2v) is 5.36. The van der Waals surface area contributed by atoms with Crippen molar-refractivity contribution in [2.45, 2.75) is 13.2 Å². The summed E-state index contributed by atoms with van der Waals surface area (Å²) in [4.78, 5) is 0. The third-order valence-electron chi connectivity index (χ3n) is 2.55. The third kappa shape index (κ3) is 3.93. The quantitative estimate of drug-likeness (QED) is 0.898. The van der Waals surface area contributed by atoms with Gasteiger partial charge in [-0.2, -0.15) is 0 Å². The highest BCUT2D eigenvalue weighted by molar-refractivity contribution is 9.10. The molecule has 0 aliphatic heterocycles. The van der Waals surface area contributed by atoms with E-state index in [4.69, 9.17) is 22.1 Å². The molecule has 2 nitrogen and oxygen atoms in total. The van der Waals surface area contributed by atoms with Crippen LogP contribution in [0.15, 0.2) is 40.9 Å². The number of ether oxygens (including phenoxy) is 1. The molecule has 2 aromatic carbocycles. The molecule has 0 bridgehead atoms. The van der Waals surface area contributed by atoms with E-state index in [0.29, 0.717) is 21.8 Å². The van der Waals surface area contributed by atoms with Crippen LogP contribution >= 0.6 is 27.5 Å². The second kappa shape index (κ2) is 6.37. The topological polar surface area (TPSA) is 35.2 Å². The Bertz CT molecular complexity index is 571. The van der Waals surface area contributed by atoms with Crippen molar-refractivity contribution in [2.75, 3.05) is 0 Å². The van der Waals surface area contributed by atoms with Crippen LogP contribution in [-0.4, -0.2) is 0 Å². The summed E-state index contributed by atoms with van der Waals surface area (Å²) in [5.74, 6) is 0.247. The van der Waals surface area contributed by atoms with Crippen LogP contribution in [0, 0.1) is 5.82 Å². The van der Waals surface area contributed by atoms with Gasteiger partial charge in [0.25, 0.3) is 0 Å². The molecule has 0 fully saturated rings. The zero-order chi connectivity index (χ0) is 13.8. The van der Waals surface area contributed by atoms with Gasteiger partial charge in [0.15, 0.2) is 0 Å². The molecule has 0 heterocycles. The van der Waals surface area contributed by atoms with Crippen molar-refractivity contribution < 1.29 is 9.13 Å². The molecule has 0 radical (unpaired) electrons. The monoisotopic (exact) mass is 343 g/mol. The van der Waals surface area contributed by atoms with E-state index < -0.39 is 0 Å². The molecular weight excluding hydrogens is 333 g/mol. The molecule has 0 aliphatic rings. The summed E-state index contributed by atoms with van der Waals surface area (Å²) >= 11 is 9.31. The van der Waals surface area contributed by atoms with E-state index in [1.54, 1.807) is 18.2 Å². The van der Waals surface area contributed by atoms with Crippen molar-refractivity contribution in [3.05, 3.63) is 62.8 Å². The van der Waals surface area contributed by atoms with E-state index in [0.717, 1.165) is 11.1 Å². The summed E-state index contributed by atoms with van der Waals surface area (Å²) in [5.41, 5.74) is 7.18. The Morgan fingerprint density at radius 1 is 1.16 bits per heavy atom. The Kier molecular flexibility index (Phi) is 4.80. The van der Waals surface area contributed by atoms with Crippen molar-refractivity contribution in [3.8, 4) is 5.75 Å². The van der Waals surface area contributed by atoms with Crippen LogP contribution in [0.5, 0.6) is 5.75 Å². The molecule has 2 N–H and O–H groups in total. The van der Waals surface area contributed by atoms with Crippen molar-refractivity contribution >= 4 is 27.5 Å². The molecule has 0 aromatic heterocycles. The van der Waals surface area contributed by atoms with Crippen LogP contribution in [0.25, 0.3) is 0 Å². The average molecular weight is 345 g/mol. The molecule has 0 aliphatic carbocycles.